The van der Waals surface area contributed by atoms with Gasteiger partial charge in [-0.1, -0.05) is 13.8 Å². The van der Waals surface area contributed by atoms with Gasteiger partial charge in [-0.3, -0.25) is 0 Å². The molecule has 0 bridgehead atoms. The summed E-state index contributed by atoms with van der Waals surface area (Å²) in [5, 5.41) is 9.85. The summed E-state index contributed by atoms with van der Waals surface area (Å²) >= 11 is 0. The molecule has 0 amide bonds. The van der Waals surface area contributed by atoms with Crippen LogP contribution in [0.15, 0.2) is 0 Å². The molecule has 0 aliphatic heterocycles. The molecule has 1 fully saturated rings. The third-order valence-electron chi connectivity index (χ3n) is 3.82. The predicted molar refractivity (Wildman–Crippen MR) is 63.2 cm³/mol. The molecule has 1 aliphatic rings. The number of ether oxygens (including phenoxy) is 1. The molecular weight excluding hydrogens is 245 g/mol. The van der Waals surface area contributed by atoms with Gasteiger partial charge in [0.1, 0.15) is 6.61 Å². The van der Waals surface area contributed by atoms with Gasteiger partial charge in [0.25, 0.3) is 0 Å². The van der Waals surface area contributed by atoms with E-state index in [1.54, 1.807) is 0 Å². The molecule has 0 aromatic carbocycles. The van der Waals surface area contributed by atoms with E-state index in [4.69, 9.17) is 0 Å². The van der Waals surface area contributed by atoms with E-state index in [0.29, 0.717) is 18.3 Å². The zero-order valence-corrected chi connectivity index (χ0v) is 11.0. The van der Waals surface area contributed by atoms with E-state index in [-0.39, 0.29) is 18.6 Å². The molecule has 5 heteroatoms. The third kappa shape index (κ3) is 5.57. The highest BCUT2D eigenvalue weighted by Gasteiger charge is 2.31. The number of hydrogen-bond acceptors (Lipinski definition) is 2. The predicted octanol–water partition coefficient (Wildman–Crippen LogP) is 3.39. The molecule has 108 valence electrons. The molecule has 0 spiro atoms. The number of rotatable bonds is 5. The Morgan fingerprint density at radius 3 is 2.50 bits per heavy atom. The molecule has 1 saturated carbocycles. The second kappa shape index (κ2) is 6.75. The Hall–Kier alpha value is -0.290. The van der Waals surface area contributed by atoms with Gasteiger partial charge in [-0.05, 0) is 43.4 Å². The van der Waals surface area contributed by atoms with Crippen LogP contribution in [0.1, 0.15) is 39.5 Å². The molecular formula is C13H23F3O2. The van der Waals surface area contributed by atoms with E-state index in [1.807, 2.05) is 0 Å². The maximum Gasteiger partial charge on any atom is 0.411 e. The lowest BCUT2D eigenvalue weighted by molar-refractivity contribution is -0.175. The Morgan fingerprint density at radius 1 is 1.28 bits per heavy atom. The van der Waals surface area contributed by atoms with Crippen molar-refractivity contribution < 1.29 is 23.0 Å². The highest BCUT2D eigenvalue weighted by molar-refractivity contribution is 4.81. The van der Waals surface area contributed by atoms with Crippen LogP contribution in [-0.4, -0.2) is 30.6 Å². The molecule has 18 heavy (non-hydrogen) atoms. The fourth-order valence-corrected chi connectivity index (χ4v) is 2.62. The maximum absolute atomic E-state index is 11.9. The minimum atomic E-state index is -4.26. The average molecular weight is 268 g/mol. The first-order valence-corrected chi connectivity index (χ1v) is 6.62. The second-order valence-electron chi connectivity index (χ2n) is 5.60. The second-order valence-corrected chi connectivity index (χ2v) is 5.60. The molecule has 0 radical (unpaired) electrons. The quantitative estimate of drug-likeness (QED) is 0.774. The first kappa shape index (κ1) is 15.8. The summed E-state index contributed by atoms with van der Waals surface area (Å²) in [6.45, 7) is 3.19. The number of alkyl halides is 3. The van der Waals surface area contributed by atoms with Crippen molar-refractivity contribution in [2.45, 2.75) is 51.8 Å². The van der Waals surface area contributed by atoms with Crippen LogP contribution in [0.3, 0.4) is 0 Å². The van der Waals surface area contributed by atoms with Crippen LogP contribution in [-0.2, 0) is 4.74 Å². The Kier molecular flexibility index (Phi) is 5.92. The largest absolute Gasteiger partial charge is 0.411 e. The summed E-state index contributed by atoms with van der Waals surface area (Å²) in [5.41, 5.74) is 0. The van der Waals surface area contributed by atoms with Gasteiger partial charge in [0, 0.05) is 6.61 Å². The molecule has 0 aromatic heterocycles. The fraction of sp³-hybridized carbons (Fsp3) is 1.00. The highest BCUT2D eigenvalue weighted by Crippen LogP contribution is 2.35. The van der Waals surface area contributed by atoms with Gasteiger partial charge in [-0.2, -0.15) is 13.2 Å². The molecule has 1 aliphatic carbocycles. The zero-order chi connectivity index (χ0) is 13.8. The molecule has 3 atom stereocenters. The summed E-state index contributed by atoms with van der Waals surface area (Å²) in [6, 6.07) is 0. The Bertz CT molecular complexity index is 241. The van der Waals surface area contributed by atoms with Gasteiger partial charge in [0.2, 0.25) is 0 Å². The van der Waals surface area contributed by atoms with E-state index in [9.17, 15) is 18.3 Å². The Balaban J connectivity index is 2.27. The highest BCUT2D eigenvalue weighted by atomic mass is 19.4. The topological polar surface area (TPSA) is 29.5 Å². The maximum atomic E-state index is 11.9. The summed E-state index contributed by atoms with van der Waals surface area (Å²) in [6.07, 6.45) is -1.46. The summed E-state index contributed by atoms with van der Waals surface area (Å²) in [4.78, 5) is 0. The third-order valence-corrected chi connectivity index (χ3v) is 3.82. The van der Waals surface area contributed by atoms with Crippen molar-refractivity contribution in [1.29, 1.82) is 0 Å². The number of aliphatic hydroxyl groups excluding tert-OH is 1. The number of halogens is 3. The van der Waals surface area contributed by atoms with Crippen LogP contribution >= 0.6 is 0 Å². The van der Waals surface area contributed by atoms with Gasteiger partial charge in [0.15, 0.2) is 0 Å². The van der Waals surface area contributed by atoms with Crippen molar-refractivity contribution in [3.63, 3.8) is 0 Å². The first-order chi connectivity index (χ1) is 8.29. The van der Waals surface area contributed by atoms with Crippen LogP contribution in [0.2, 0.25) is 0 Å². The number of aliphatic hydroxyl groups is 1. The van der Waals surface area contributed by atoms with E-state index in [1.165, 1.54) is 0 Å². The molecule has 3 unspecified atom stereocenters. The normalized spacial score (nSPS) is 29.8. The Morgan fingerprint density at radius 2 is 1.94 bits per heavy atom. The Labute approximate surface area is 107 Å². The molecule has 2 nitrogen and oxygen atoms in total. The van der Waals surface area contributed by atoms with Gasteiger partial charge < -0.3 is 9.84 Å². The van der Waals surface area contributed by atoms with Gasteiger partial charge in [-0.15, -0.1) is 0 Å². The van der Waals surface area contributed by atoms with Crippen LogP contribution in [0.5, 0.6) is 0 Å². The van der Waals surface area contributed by atoms with Crippen LogP contribution < -0.4 is 0 Å². The van der Waals surface area contributed by atoms with Crippen molar-refractivity contribution in [2.24, 2.45) is 17.8 Å². The van der Waals surface area contributed by atoms with Gasteiger partial charge in [0.05, 0.1) is 6.10 Å². The SMILES string of the molecule is CC(C)C1CCC(O)C(CCOCC(F)(F)F)C1. The monoisotopic (exact) mass is 268 g/mol. The van der Waals surface area contributed by atoms with Crippen molar-refractivity contribution in [2.75, 3.05) is 13.2 Å². The summed E-state index contributed by atoms with van der Waals surface area (Å²) in [7, 11) is 0. The summed E-state index contributed by atoms with van der Waals surface area (Å²) in [5.74, 6) is 1.22. The lowest BCUT2D eigenvalue weighted by Gasteiger charge is -2.35. The zero-order valence-electron chi connectivity index (χ0n) is 11.0. The van der Waals surface area contributed by atoms with Gasteiger partial charge in [-0.25, -0.2) is 0 Å². The molecule has 1 N–H and O–H groups in total. The lowest BCUT2D eigenvalue weighted by Crippen LogP contribution is -2.32. The molecule has 1 rings (SSSR count). The standard InChI is InChI=1S/C13H23F3O2/c1-9(2)10-3-4-12(17)11(7-10)5-6-18-8-13(14,15)16/h9-12,17H,3-8H2,1-2H3. The van der Waals surface area contributed by atoms with E-state index in [2.05, 4.69) is 18.6 Å². The van der Waals surface area contributed by atoms with Crippen molar-refractivity contribution >= 4 is 0 Å². The van der Waals surface area contributed by atoms with Crippen molar-refractivity contribution in [3.8, 4) is 0 Å². The van der Waals surface area contributed by atoms with E-state index in [0.717, 1.165) is 19.3 Å². The van der Waals surface area contributed by atoms with E-state index >= 15 is 0 Å². The number of hydrogen-bond donors (Lipinski definition) is 1. The van der Waals surface area contributed by atoms with Crippen LogP contribution in [0, 0.1) is 17.8 Å². The minimum Gasteiger partial charge on any atom is -0.393 e. The molecule has 0 aromatic rings. The fourth-order valence-electron chi connectivity index (χ4n) is 2.62. The molecule has 0 saturated heterocycles. The van der Waals surface area contributed by atoms with Crippen LogP contribution in [0.25, 0.3) is 0 Å². The van der Waals surface area contributed by atoms with E-state index < -0.39 is 12.8 Å². The smallest absolute Gasteiger partial charge is 0.393 e. The lowest BCUT2D eigenvalue weighted by atomic mass is 9.74. The summed E-state index contributed by atoms with van der Waals surface area (Å²) < 4.78 is 40.3. The van der Waals surface area contributed by atoms with Gasteiger partial charge >= 0.3 is 6.18 Å². The average Bonchev–Trinajstić information content (AvgIpc) is 2.24. The minimum absolute atomic E-state index is 0.0754. The molecule has 0 heterocycles. The van der Waals surface area contributed by atoms with Crippen LogP contribution in [0.4, 0.5) is 13.2 Å². The first-order valence-electron chi connectivity index (χ1n) is 6.62. The van der Waals surface area contributed by atoms with Crippen molar-refractivity contribution in [3.05, 3.63) is 0 Å². The van der Waals surface area contributed by atoms with Crippen molar-refractivity contribution in [1.82, 2.24) is 0 Å².